The molecule has 0 saturated carbocycles. The van der Waals surface area contributed by atoms with Crippen molar-refractivity contribution >= 4 is 0 Å². The van der Waals surface area contributed by atoms with E-state index in [9.17, 15) is 5.11 Å². The van der Waals surface area contributed by atoms with Gasteiger partial charge in [0.2, 0.25) is 0 Å². The molecule has 2 nitrogen and oxygen atoms in total. The van der Waals surface area contributed by atoms with Crippen molar-refractivity contribution in [2.24, 2.45) is 0 Å². The van der Waals surface area contributed by atoms with Crippen LogP contribution in [0.4, 0.5) is 0 Å². The van der Waals surface area contributed by atoms with Crippen LogP contribution in [0.3, 0.4) is 0 Å². The van der Waals surface area contributed by atoms with Gasteiger partial charge < -0.3 is 9.84 Å². The number of ether oxygens (including phenoxy) is 1. The first-order chi connectivity index (χ1) is 7.24. The highest BCUT2D eigenvalue weighted by Crippen LogP contribution is 2.21. The molecule has 15 heavy (non-hydrogen) atoms. The monoisotopic (exact) mass is 208 g/mol. The third-order valence-electron chi connectivity index (χ3n) is 2.43. The van der Waals surface area contributed by atoms with Crippen molar-refractivity contribution in [2.75, 3.05) is 6.61 Å². The molecule has 1 rings (SSSR count). The average Bonchev–Trinajstić information content (AvgIpc) is 2.23. The number of unbranched alkanes of at least 4 members (excludes halogenated alkanes) is 3. The van der Waals surface area contributed by atoms with Crippen LogP contribution in [-0.2, 0) is 0 Å². The Morgan fingerprint density at radius 1 is 1.20 bits per heavy atom. The summed E-state index contributed by atoms with van der Waals surface area (Å²) in [5.41, 5.74) is 0.862. The topological polar surface area (TPSA) is 29.5 Å². The van der Waals surface area contributed by atoms with Crippen LogP contribution in [-0.4, -0.2) is 11.7 Å². The number of aryl methyl sites for hydroxylation is 1. The Kier molecular flexibility index (Phi) is 5.02. The zero-order chi connectivity index (χ0) is 11.1. The van der Waals surface area contributed by atoms with E-state index in [4.69, 9.17) is 4.74 Å². The van der Waals surface area contributed by atoms with Crippen molar-refractivity contribution in [3.8, 4) is 11.5 Å². The predicted molar refractivity (Wildman–Crippen MR) is 62.5 cm³/mol. The van der Waals surface area contributed by atoms with E-state index < -0.39 is 0 Å². The number of phenols is 1. The Morgan fingerprint density at radius 3 is 2.67 bits per heavy atom. The summed E-state index contributed by atoms with van der Waals surface area (Å²) in [5, 5.41) is 9.33. The van der Waals surface area contributed by atoms with Crippen LogP contribution in [0, 0.1) is 6.92 Å². The minimum Gasteiger partial charge on any atom is -0.508 e. The van der Waals surface area contributed by atoms with E-state index in [-0.39, 0.29) is 0 Å². The fraction of sp³-hybridized carbons (Fsp3) is 0.538. The van der Waals surface area contributed by atoms with Gasteiger partial charge in [-0.05, 0) is 37.1 Å². The number of rotatable bonds is 6. The molecule has 0 bridgehead atoms. The van der Waals surface area contributed by atoms with E-state index in [1.165, 1.54) is 19.3 Å². The molecule has 1 N–H and O–H groups in total. The maximum Gasteiger partial charge on any atom is 0.119 e. The lowest BCUT2D eigenvalue weighted by Crippen LogP contribution is -1.97. The van der Waals surface area contributed by atoms with E-state index in [0.717, 1.165) is 24.3 Å². The van der Waals surface area contributed by atoms with Crippen LogP contribution in [0.2, 0.25) is 0 Å². The Morgan fingerprint density at radius 2 is 2.00 bits per heavy atom. The molecule has 0 spiro atoms. The number of hydrogen-bond acceptors (Lipinski definition) is 2. The third-order valence-corrected chi connectivity index (χ3v) is 2.43. The number of phenolic OH excluding ortho intramolecular Hbond substituents is 1. The van der Waals surface area contributed by atoms with Crippen molar-refractivity contribution in [1.29, 1.82) is 0 Å². The summed E-state index contributed by atoms with van der Waals surface area (Å²) >= 11 is 0. The largest absolute Gasteiger partial charge is 0.508 e. The summed E-state index contributed by atoms with van der Waals surface area (Å²) in [6.07, 6.45) is 4.86. The average molecular weight is 208 g/mol. The van der Waals surface area contributed by atoms with Crippen LogP contribution in [0.25, 0.3) is 0 Å². The van der Waals surface area contributed by atoms with Crippen LogP contribution < -0.4 is 4.74 Å². The van der Waals surface area contributed by atoms with Gasteiger partial charge in [-0.15, -0.1) is 0 Å². The Labute approximate surface area is 91.9 Å². The van der Waals surface area contributed by atoms with E-state index in [0.29, 0.717) is 5.75 Å². The highest BCUT2D eigenvalue weighted by Gasteiger charge is 1.98. The first kappa shape index (κ1) is 11.9. The van der Waals surface area contributed by atoms with Crippen molar-refractivity contribution in [3.63, 3.8) is 0 Å². The second-order valence-electron chi connectivity index (χ2n) is 3.86. The van der Waals surface area contributed by atoms with Gasteiger partial charge in [-0.25, -0.2) is 0 Å². The highest BCUT2D eigenvalue weighted by atomic mass is 16.5. The summed E-state index contributed by atoms with van der Waals surface area (Å²) in [6, 6.07) is 5.36. The smallest absolute Gasteiger partial charge is 0.119 e. The molecule has 2 heteroatoms. The van der Waals surface area contributed by atoms with Gasteiger partial charge in [-0.1, -0.05) is 26.2 Å². The Hall–Kier alpha value is -1.18. The van der Waals surface area contributed by atoms with E-state index in [2.05, 4.69) is 6.92 Å². The summed E-state index contributed by atoms with van der Waals surface area (Å²) < 4.78 is 5.58. The Balaban J connectivity index is 2.28. The molecule has 0 aliphatic carbocycles. The van der Waals surface area contributed by atoms with Gasteiger partial charge in [0.15, 0.2) is 0 Å². The minimum atomic E-state index is 0.327. The van der Waals surface area contributed by atoms with Crippen LogP contribution in [0.5, 0.6) is 11.5 Å². The molecule has 0 fully saturated rings. The lowest BCUT2D eigenvalue weighted by Gasteiger charge is -2.07. The second-order valence-corrected chi connectivity index (χ2v) is 3.86. The summed E-state index contributed by atoms with van der Waals surface area (Å²) in [4.78, 5) is 0. The molecule has 0 amide bonds. The summed E-state index contributed by atoms with van der Waals surface area (Å²) in [6.45, 7) is 4.84. The van der Waals surface area contributed by atoms with Gasteiger partial charge >= 0.3 is 0 Å². The van der Waals surface area contributed by atoms with Gasteiger partial charge in [0.25, 0.3) is 0 Å². The van der Waals surface area contributed by atoms with Gasteiger partial charge in [-0.3, -0.25) is 0 Å². The van der Waals surface area contributed by atoms with Gasteiger partial charge in [0.05, 0.1) is 6.61 Å². The fourth-order valence-corrected chi connectivity index (χ4v) is 1.44. The maximum atomic E-state index is 9.33. The standard InChI is InChI=1S/C13H20O2/c1-3-4-5-6-9-15-12-7-8-13(14)11(2)10-12/h7-8,10,14H,3-6,9H2,1-2H3. The molecule has 0 aliphatic heterocycles. The lowest BCUT2D eigenvalue weighted by atomic mass is 10.2. The number of aromatic hydroxyl groups is 1. The normalized spacial score (nSPS) is 10.3. The fourth-order valence-electron chi connectivity index (χ4n) is 1.44. The summed E-state index contributed by atoms with van der Waals surface area (Å²) in [5.74, 6) is 1.18. The SMILES string of the molecule is CCCCCCOc1ccc(O)c(C)c1. The molecule has 84 valence electrons. The molecule has 0 saturated heterocycles. The quantitative estimate of drug-likeness (QED) is 0.723. The molecule has 0 aliphatic rings. The molecule has 1 aromatic rings. The van der Waals surface area contributed by atoms with Crippen molar-refractivity contribution in [2.45, 2.75) is 39.5 Å². The lowest BCUT2D eigenvalue weighted by molar-refractivity contribution is 0.304. The molecule has 0 atom stereocenters. The summed E-state index contributed by atoms with van der Waals surface area (Å²) in [7, 11) is 0. The second kappa shape index (κ2) is 6.33. The minimum absolute atomic E-state index is 0.327. The molecule has 0 heterocycles. The third kappa shape index (κ3) is 4.24. The maximum absolute atomic E-state index is 9.33. The van der Waals surface area contributed by atoms with E-state index in [1.54, 1.807) is 6.07 Å². The predicted octanol–water partition coefficient (Wildman–Crippen LogP) is 3.66. The molecule has 0 aromatic heterocycles. The number of benzene rings is 1. The molecule has 0 unspecified atom stereocenters. The zero-order valence-corrected chi connectivity index (χ0v) is 9.62. The van der Waals surface area contributed by atoms with Gasteiger partial charge in [0.1, 0.15) is 11.5 Å². The molecule has 0 radical (unpaired) electrons. The zero-order valence-electron chi connectivity index (χ0n) is 9.62. The van der Waals surface area contributed by atoms with Crippen LogP contribution in [0.15, 0.2) is 18.2 Å². The highest BCUT2D eigenvalue weighted by molar-refractivity contribution is 5.38. The van der Waals surface area contributed by atoms with Crippen LogP contribution in [0.1, 0.15) is 38.2 Å². The van der Waals surface area contributed by atoms with Gasteiger partial charge in [0, 0.05) is 0 Å². The first-order valence-corrected chi connectivity index (χ1v) is 5.66. The van der Waals surface area contributed by atoms with Crippen molar-refractivity contribution < 1.29 is 9.84 Å². The molecular formula is C13H20O2. The molecular weight excluding hydrogens is 188 g/mol. The van der Waals surface area contributed by atoms with Crippen molar-refractivity contribution in [1.82, 2.24) is 0 Å². The van der Waals surface area contributed by atoms with E-state index >= 15 is 0 Å². The van der Waals surface area contributed by atoms with Gasteiger partial charge in [-0.2, -0.15) is 0 Å². The molecule has 1 aromatic carbocycles. The Bertz CT molecular complexity index is 295. The number of hydrogen-bond donors (Lipinski definition) is 1. The first-order valence-electron chi connectivity index (χ1n) is 5.66. The van der Waals surface area contributed by atoms with Crippen molar-refractivity contribution in [3.05, 3.63) is 23.8 Å². The van der Waals surface area contributed by atoms with Crippen LogP contribution >= 0.6 is 0 Å². The van der Waals surface area contributed by atoms with E-state index in [1.807, 2.05) is 19.1 Å².